The van der Waals surface area contributed by atoms with Crippen LogP contribution in [-0.2, 0) is 0 Å². The molecule has 1 N–H and O–H groups in total. The highest BCUT2D eigenvalue weighted by molar-refractivity contribution is 5.55. The lowest BCUT2D eigenvalue weighted by atomic mass is 10.2. The van der Waals surface area contributed by atoms with Crippen molar-refractivity contribution in [3.8, 4) is 0 Å². The Morgan fingerprint density at radius 3 is 2.53 bits per heavy atom. The zero-order chi connectivity index (χ0) is 14.3. The number of benzene rings is 1. The third-order valence-electron chi connectivity index (χ3n) is 3.28. The normalized spacial score (nSPS) is 10.7. The van der Waals surface area contributed by atoms with Crippen LogP contribution in [0.15, 0.2) is 18.2 Å². The molecule has 0 saturated carbocycles. The molecule has 0 atom stereocenters. The summed E-state index contributed by atoms with van der Waals surface area (Å²) in [6.07, 6.45) is 1.07. The average Bonchev–Trinajstić information content (AvgIpc) is 2.40. The number of nitro groups is 1. The van der Waals surface area contributed by atoms with Gasteiger partial charge in [-0.2, -0.15) is 0 Å². The molecule has 1 aromatic carbocycles. The van der Waals surface area contributed by atoms with Gasteiger partial charge in [-0.25, -0.2) is 0 Å². The van der Waals surface area contributed by atoms with E-state index in [4.69, 9.17) is 0 Å². The summed E-state index contributed by atoms with van der Waals surface area (Å²) >= 11 is 0. The van der Waals surface area contributed by atoms with E-state index in [1.165, 1.54) is 0 Å². The Hall–Kier alpha value is -1.62. The van der Waals surface area contributed by atoms with E-state index in [0.717, 1.165) is 43.9 Å². The molecule has 0 aliphatic rings. The van der Waals surface area contributed by atoms with E-state index in [1.54, 1.807) is 18.2 Å². The lowest BCUT2D eigenvalue weighted by molar-refractivity contribution is -0.384. The zero-order valence-electron chi connectivity index (χ0n) is 12.0. The van der Waals surface area contributed by atoms with Crippen LogP contribution in [0.4, 0.5) is 11.4 Å². The summed E-state index contributed by atoms with van der Waals surface area (Å²) in [6, 6.07) is 4.93. The van der Waals surface area contributed by atoms with Crippen molar-refractivity contribution < 1.29 is 4.92 Å². The number of rotatable bonds is 8. The molecular formula is C14H23N3O2. The van der Waals surface area contributed by atoms with Gasteiger partial charge in [-0.05, 0) is 44.6 Å². The largest absolute Gasteiger partial charge is 0.385 e. The molecule has 1 aromatic rings. The van der Waals surface area contributed by atoms with Crippen LogP contribution in [0.5, 0.6) is 0 Å². The van der Waals surface area contributed by atoms with Crippen LogP contribution in [0.2, 0.25) is 0 Å². The molecule has 0 bridgehead atoms. The molecule has 0 amide bonds. The zero-order valence-corrected chi connectivity index (χ0v) is 12.0. The van der Waals surface area contributed by atoms with E-state index >= 15 is 0 Å². The monoisotopic (exact) mass is 265 g/mol. The van der Waals surface area contributed by atoms with E-state index < -0.39 is 0 Å². The summed E-state index contributed by atoms with van der Waals surface area (Å²) in [7, 11) is 0. The van der Waals surface area contributed by atoms with Crippen LogP contribution in [-0.4, -0.2) is 36.0 Å². The van der Waals surface area contributed by atoms with Crippen molar-refractivity contribution >= 4 is 11.4 Å². The van der Waals surface area contributed by atoms with Gasteiger partial charge in [-0.1, -0.05) is 13.8 Å². The number of anilines is 1. The quantitative estimate of drug-likeness (QED) is 0.446. The number of hydrogen-bond acceptors (Lipinski definition) is 4. The standard InChI is InChI=1S/C14H23N3O2/c1-4-16(5-2)10-6-9-15-14-8-7-13(17(18)19)11-12(14)3/h7-8,11,15H,4-6,9-10H2,1-3H3. The number of nitro benzene ring substituents is 1. The number of hydrogen-bond donors (Lipinski definition) is 1. The average molecular weight is 265 g/mol. The van der Waals surface area contributed by atoms with Gasteiger partial charge < -0.3 is 10.2 Å². The van der Waals surface area contributed by atoms with Crippen molar-refractivity contribution in [1.82, 2.24) is 4.90 Å². The lowest BCUT2D eigenvalue weighted by Gasteiger charge is -2.18. The molecule has 0 aliphatic carbocycles. The molecule has 5 nitrogen and oxygen atoms in total. The number of nitrogens with one attached hydrogen (secondary N) is 1. The van der Waals surface area contributed by atoms with Gasteiger partial charge in [-0.15, -0.1) is 0 Å². The van der Waals surface area contributed by atoms with Crippen molar-refractivity contribution in [2.45, 2.75) is 27.2 Å². The Morgan fingerprint density at radius 2 is 2.00 bits per heavy atom. The first-order chi connectivity index (χ1) is 9.08. The Labute approximate surface area is 114 Å². The lowest BCUT2D eigenvalue weighted by Crippen LogP contribution is -2.25. The molecule has 19 heavy (non-hydrogen) atoms. The summed E-state index contributed by atoms with van der Waals surface area (Å²) < 4.78 is 0. The molecule has 106 valence electrons. The summed E-state index contributed by atoms with van der Waals surface area (Å²) in [5.74, 6) is 0. The fraction of sp³-hybridized carbons (Fsp3) is 0.571. The minimum absolute atomic E-state index is 0.145. The molecule has 0 spiro atoms. The number of non-ortho nitro benzene ring substituents is 1. The maximum atomic E-state index is 10.6. The fourth-order valence-corrected chi connectivity index (χ4v) is 2.03. The van der Waals surface area contributed by atoms with Crippen molar-refractivity contribution in [3.05, 3.63) is 33.9 Å². The van der Waals surface area contributed by atoms with Gasteiger partial charge in [0, 0.05) is 24.4 Å². The van der Waals surface area contributed by atoms with Crippen LogP contribution in [0.25, 0.3) is 0 Å². The summed E-state index contributed by atoms with van der Waals surface area (Å²) in [6.45, 7) is 10.3. The predicted octanol–water partition coefficient (Wildman–Crippen LogP) is 3.05. The van der Waals surface area contributed by atoms with Crippen LogP contribution < -0.4 is 5.32 Å². The second-order valence-corrected chi connectivity index (χ2v) is 4.56. The molecule has 5 heteroatoms. The molecule has 0 saturated heterocycles. The van der Waals surface area contributed by atoms with Gasteiger partial charge in [0.2, 0.25) is 0 Å². The topological polar surface area (TPSA) is 58.4 Å². The van der Waals surface area contributed by atoms with Crippen LogP contribution in [0, 0.1) is 17.0 Å². The highest BCUT2D eigenvalue weighted by atomic mass is 16.6. The maximum absolute atomic E-state index is 10.6. The Bertz CT molecular complexity index is 417. The minimum atomic E-state index is -0.364. The van der Waals surface area contributed by atoms with Crippen molar-refractivity contribution in [2.24, 2.45) is 0 Å². The van der Waals surface area contributed by atoms with Gasteiger partial charge in [0.1, 0.15) is 0 Å². The summed E-state index contributed by atoms with van der Waals surface area (Å²) in [5, 5.41) is 14.0. The number of nitrogens with zero attached hydrogens (tertiary/aromatic N) is 2. The third kappa shape index (κ3) is 4.87. The van der Waals surface area contributed by atoms with Crippen molar-refractivity contribution in [3.63, 3.8) is 0 Å². The minimum Gasteiger partial charge on any atom is -0.385 e. The van der Waals surface area contributed by atoms with Gasteiger partial charge in [0.15, 0.2) is 0 Å². The Kier molecular flexibility index (Phi) is 6.29. The van der Waals surface area contributed by atoms with Crippen LogP contribution >= 0.6 is 0 Å². The first-order valence-electron chi connectivity index (χ1n) is 6.79. The molecule has 1 rings (SSSR count). The highest BCUT2D eigenvalue weighted by Gasteiger charge is 2.07. The molecule has 0 aromatic heterocycles. The summed E-state index contributed by atoms with van der Waals surface area (Å²) in [5.41, 5.74) is 2.04. The molecule has 0 heterocycles. The fourth-order valence-electron chi connectivity index (χ4n) is 2.03. The summed E-state index contributed by atoms with van der Waals surface area (Å²) in [4.78, 5) is 12.7. The van der Waals surface area contributed by atoms with E-state index in [1.807, 2.05) is 6.92 Å². The van der Waals surface area contributed by atoms with E-state index in [0.29, 0.717) is 0 Å². The molecular weight excluding hydrogens is 242 g/mol. The van der Waals surface area contributed by atoms with Crippen molar-refractivity contribution in [1.29, 1.82) is 0 Å². The Balaban J connectivity index is 2.43. The van der Waals surface area contributed by atoms with E-state index in [2.05, 4.69) is 24.1 Å². The number of aryl methyl sites for hydroxylation is 1. The second-order valence-electron chi connectivity index (χ2n) is 4.56. The third-order valence-corrected chi connectivity index (χ3v) is 3.28. The van der Waals surface area contributed by atoms with Crippen molar-refractivity contribution in [2.75, 3.05) is 31.5 Å². The predicted molar refractivity (Wildman–Crippen MR) is 78.7 cm³/mol. The first kappa shape index (κ1) is 15.4. The SMILES string of the molecule is CCN(CC)CCCNc1ccc([N+](=O)[O-])cc1C. The molecule has 0 unspecified atom stereocenters. The first-order valence-corrected chi connectivity index (χ1v) is 6.79. The van der Waals surface area contributed by atoms with Gasteiger partial charge in [0.05, 0.1) is 4.92 Å². The maximum Gasteiger partial charge on any atom is 0.269 e. The van der Waals surface area contributed by atoms with E-state index in [9.17, 15) is 10.1 Å². The molecule has 0 fully saturated rings. The second kappa shape index (κ2) is 7.74. The molecule has 0 aliphatic heterocycles. The Morgan fingerprint density at radius 1 is 1.32 bits per heavy atom. The van der Waals surface area contributed by atoms with Gasteiger partial charge >= 0.3 is 0 Å². The van der Waals surface area contributed by atoms with Gasteiger partial charge in [-0.3, -0.25) is 10.1 Å². The molecule has 0 radical (unpaired) electrons. The van der Waals surface area contributed by atoms with E-state index in [-0.39, 0.29) is 10.6 Å². The van der Waals surface area contributed by atoms with Crippen LogP contribution in [0.3, 0.4) is 0 Å². The van der Waals surface area contributed by atoms with Crippen LogP contribution in [0.1, 0.15) is 25.8 Å². The van der Waals surface area contributed by atoms with Gasteiger partial charge in [0.25, 0.3) is 5.69 Å². The highest BCUT2D eigenvalue weighted by Crippen LogP contribution is 2.20. The smallest absolute Gasteiger partial charge is 0.269 e.